The number of nitrogens with zero attached hydrogens (tertiary/aromatic N) is 3. The second-order valence-electron chi connectivity index (χ2n) is 6.34. The smallest absolute Gasteiger partial charge is 0.317 e. The van der Waals surface area contributed by atoms with Crippen molar-refractivity contribution in [2.75, 3.05) is 32.7 Å². The van der Waals surface area contributed by atoms with Gasteiger partial charge in [0.2, 0.25) is 0 Å². The number of amides is 2. The van der Waals surface area contributed by atoms with Gasteiger partial charge in [-0.1, -0.05) is 15.9 Å². The predicted molar refractivity (Wildman–Crippen MR) is 105 cm³/mol. The Morgan fingerprint density at radius 2 is 2.12 bits per heavy atom. The van der Waals surface area contributed by atoms with Crippen molar-refractivity contribution in [3.63, 3.8) is 0 Å². The van der Waals surface area contributed by atoms with Gasteiger partial charge in [-0.2, -0.15) is 0 Å². The summed E-state index contributed by atoms with van der Waals surface area (Å²) >= 11 is 5.01. The molecule has 0 radical (unpaired) electrons. The number of benzene rings is 1. The zero-order chi connectivity index (χ0) is 18.5. The van der Waals surface area contributed by atoms with Crippen molar-refractivity contribution in [3.05, 3.63) is 50.1 Å². The van der Waals surface area contributed by atoms with Gasteiger partial charge in [-0.3, -0.25) is 4.90 Å². The molecule has 26 heavy (non-hydrogen) atoms. The molecule has 1 aliphatic heterocycles. The van der Waals surface area contributed by atoms with Crippen molar-refractivity contribution in [1.29, 1.82) is 0 Å². The molecule has 1 aromatic heterocycles. The van der Waals surface area contributed by atoms with Crippen LogP contribution >= 0.6 is 27.3 Å². The lowest BCUT2D eigenvalue weighted by Gasteiger charge is -2.34. The molecule has 2 aromatic rings. The molecule has 0 saturated carbocycles. The first kappa shape index (κ1) is 19.3. The molecule has 0 atom stereocenters. The van der Waals surface area contributed by atoms with Crippen LogP contribution in [0.15, 0.2) is 28.1 Å². The Morgan fingerprint density at radius 1 is 1.35 bits per heavy atom. The molecule has 2 heterocycles. The number of piperazine rings is 1. The first-order valence-corrected chi connectivity index (χ1v) is 10.3. The molecule has 140 valence electrons. The van der Waals surface area contributed by atoms with Crippen LogP contribution in [0.25, 0.3) is 0 Å². The highest BCUT2D eigenvalue weighted by Gasteiger charge is 2.21. The minimum absolute atomic E-state index is 0.0791. The summed E-state index contributed by atoms with van der Waals surface area (Å²) in [6.07, 6.45) is 0.472. The van der Waals surface area contributed by atoms with Gasteiger partial charge in [0.1, 0.15) is 5.82 Å². The Labute approximate surface area is 165 Å². The van der Waals surface area contributed by atoms with Crippen LogP contribution in [0.3, 0.4) is 0 Å². The van der Waals surface area contributed by atoms with E-state index < -0.39 is 0 Å². The van der Waals surface area contributed by atoms with E-state index in [0.29, 0.717) is 31.6 Å². The molecule has 1 saturated heterocycles. The van der Waals surface area contributed by atoms with Crippen LogP contribution in [0.4, 0.5) is 9.18 Å². The summed E-state index contributed by atoms with van der Waals surface area (Å²) in [7, 11) is 0. The highest BCUT2D eigenvalue weighted by Crippen LogP contribution is 2.16. The molecule has 0 bridgehead atoms. The Kier molecular flexibility index (Phi) is 6.61. The van der Waals surface area contributed by atoms with E-state index in [-0.39, 0.29) is 11.8 Å². The van der Waals surface area contributed by atoms with Crippen LogP contribution in [0.2, 0.25) is 0 Å². The van der Waals surface area contributed by atoms with Crippen LogP contribution in [-0.4, -0.2) is 53.5 Å². The fourth-order valence-electron chi connectivity index (χ4n) is 2.97. The third-order valence-corrected chi connectivity index (χ3v) is 5.71. The van der Waals surface area contributed by atoms with Crippen LogP contribution in [0.5, 0.6) is 0 Å². The molecule has 1 aliphatic rings. The number of aromatic nitrogens is 1. The number of urea groups is 1. The normalized spacial score (nSPS) is 15.3. The van der Waals surface area contributed by atoms with Crippen LogP contribution in [0.1, 0.15) is 16.3 Å². The molecule has 1 fully saturated rings. The van der Waals surface area contributed by atoms with E-state index in [1.807, 2.05) is 11.8 Å². The lowest BCUT2D eigenvalue weighted by molar-refractivity contribution is 0.134. The Bertz CT molecular complexity index is 761. The van der Waals surface area contributed by atoms with Crippen molar-refractivity contribution < 1.29 is 9.18 Å². The van der Waals surface area contributed by atoms with Gasteiger partial charge < -0.3 is 10.2 Å². The lowest BCUT2D eigenvalue weighted by atomic mass is 10.1. The fourth-order valence-corrected chi connectivity index (χ4v) is 3.98. The maximum absolute atomic E-state index is 13.7. The van der Waals surface area contributed by atoms with Crippen molar-refractivity contribution in [3.8, 4) is 0 Å². The summed E-state index contributed by atoms with van der Waals surface area (Å²) in [5.74, 6) is -0.242. The van der Waals surface area contributed by atoms with Crippen molar-refractivity contribution in [1.82, 2.24) is 20.1 Å². The number of thiazole rings is 1. The largest absolute Gasteiger partial charge is 0.338 e. The van der Waals surface area contributed by atoms with Gasteiger partial charge in [0.05, 0.1) is 10.7 Å². The zero-order valence-electron chi connectivity index (χ0n) is 14.7. The second-order valence-corrected chi connectivity index (χ2v) is 8.32. The van der Waals surface area contributed by atoms with Crippen molar-refractivity contribution in [2.24, 2.45) is 0 Å². The maximum atomic E-state index is 13.7. The first-order valence-electron chi connectivity index (χ1n) is 8.61. The Balaban J connectivity index is 1.40. The molecule has 2 amide bonds. The lowest BCUT2D eigenvalue weighted by Crippen LogP contribution is -2.51. The summed E-state index contributed by atoms with van der Waals surface area (Å²) in [6, 6.07) is 4.78. The third-order valence-electron chi connectivity index (χ3n) is 4.39. The molecular weight excluding hydrogens is 419 g/mol. The molecule has 0 spiro atoms. The average Bonchev–Trinajstić information content (AvgIpc) is 3.03. The molecule has 0 unspecified atom stereocenters. The minimum atomic E-state index is -0.242. The first-order chi connectivity index (χ1) is 12.5. The maximum Gasteiger partial charge on any atom is 0.317 e. The van der Waals surface area contributed by atoms with Gasteiger partial charge in [-0.05, 0) is 37.1 Å². The Hall–Kier alpha value is -1.51. The fraction of sp³-hybridized carbons (Fsp3) is 0.444. The summed E-state index contributed by atoms with van der Waals surface area (Å²) in [6.45, 7) is 6.33. The van der Waals surface area contributed by atoms with Crippen LogP contribution in [0, 0.1) is 12.7 Å². The van der Waals surface area contributed by atoms with E-state index in [4.69, 9.17) is 0 Å². The number of carbonyl (C=O) groups excluding carboxylic acids is 1. The number of rotatable bonds is 5. The summed E-state index contributed by atoms with van der Waals surface area (Å²) in [4.78, 5) is 20.9. The summed E-state index contributed by atoms with van der Waals surface area (Å²) in [5, 5.41) is 6.07. The van der Waals surface area contributed by atoms with Crippen LogP contribution < -0.4 is 5.32 Å². The zero-order valence-corrected chi connectivity index (χ0v) is 17.1. The van der Waals surface area contributed by atoms with E-state index in [1.54, 1.807) is 23.5 Å². The quantitative estimate of drug-likeness (QED) is 0.774. The molecule has 0 aliphatic carbocycles. The van der Waals surface area contributed by atoms with Gasteiger partial charge in [-0.25, -0.2) is 14.2 Å². The molecule has 3 rings (SSSR count). The van der Waals surface area contributed by atoms with Gasteiger partial charge in [0.25, 0.3) is 0 Å². The topological polar surface area (TPSA) is 48.5 Å². The molecule has 5 nitrogen and oxygen atoms in total. The van der Waals surface area contributed by atoms with Gasteiger partial charge in [0.15, 0.2) is 0 Å². The van der Waals surface area contributed by atoms with E-state index in [1.165, 1.54) is 6.07 Å². The number of halogens is 2. The van der Waals surface area contributed by atoms with Gasteiger partial charge in [0, 0.05) is 49.1 Å². The summed E-state index contributed by atoms with van der Waals surface area (Å²) in [5.41, 5.74) is 1.70. The van der Waals surface area contributed by atoms with Gasteiger partial charge >= 0.3 is 6.03 Å². The van der Waals surface area contributed by atoms with E-state index >= 15 is 0 Å². The predicted octanol–water partition coefficient (Wildman–Crippen LogP) is 3.42. The molecular formula is C18H22BrFN4OS. The average molecular weight is 441 g/mol. The highest BCUT2D eigenvalue weighted by molar-refractivity contribution is 9.10. The second kappa shape index (κ2) is 8.92. The van der Waals surface area contributed by atoms with E-state index in [9.17, 15) is 9.18 Å². The standard InChI is InChI=1S/C18H22BrFN4OS/c1-13-22-16(12-26-13)11-23-6-8-24(9-7-23)18(25)21-5-4-14-10-15(19)2-3-17(14)20/h2-3,10,12H,4-9,11H2,1H3,(H,21,25). The van der Waals surface area contributed by atoms with E-state index in [2.05, 4.69) is 36.5 Å². The minimum Gasteiger partial charge on any atom is -0.338 e. The van der Waals surface area contributed by atoms with E-state index in [0.717, 1.165) is 34.8 Å². The monoisotopic (exact) mass is 440 g/mol. The van der Waals surface area contributed by atoms with Gasteiger partial charge in [-0.15, -0.1) is 11.3 Å². The van der Waals surface area contributed by atoms with Crippen molar-refractivity contribution in [2.45, 2.75) is 19.9 Å². The number of nitrogens with one attached hydrogen (secondary N) is 1. The van der Waals surface area contributed by atoms with Crippen molar-refractivity contribution >= 4 is 33.3 Å². The molecule has 1 N–H and O–H groups in total. The number of hydrogen-bond donors (Lipinski definition) is 1. The summed E-state index contributed by atoms with van der Waals surface area (Å²) < 4.78 is 14.6. The highest BCUT2D eigenvalue weighted by atomic mass is 79.9. The number of aryl methyl sites for hydroxylation is 1. The SMILES string of the molecule is Cc1nc(CN2CCN(C(=O)NCCc3cc(Br)ccc3F)CC2)cs1. The number of hydrogen-bond acceptors (Lipinski definition) is 4. The molecule has 8 heteroatoms. The molecule has 1 aromatic carbocycles. The third kappa shape index (κ3) is 5.25. The number of carbonyl (C=O) groups is 1. The van der Waals surface area contributed by atoms with Crippen LogP contribution in [-0.2, 0) is 13.0 Å². The Morgan fingerprint density at radius 3 is 2.81 bits per heavy atom.